The van der Waals surface area contributed by atoms with Crippen LogP contribution in [0.3, 0.4) is 0 Å². The van der Waals surface area contributed by atoms with Gasteiger partial charge in [-0.3, -0.25) is 10.1 Å². The minimum Gasteiger partial charge on any atom is -0.298 e. The molecule has 0 aliphatic carbocycles. The summed E-state index contributed by atoms with van der Waals surface area (Å²) in [6.07, 6.45) is 1.12. The molecule has 0 aliphatic rings. The number of hydrogen-bond donors (Lipinski definition) is 1. The van der Waals surface area contributed by atoms with Gasteiger partial charge < -0.3 is 0 Å². The molecule has 4 rings (SSSR count). The Morgan fingerprint density at radius 1 is 1.03 bits per heavy atom. The Balaban J connectivity index is 1.74. The van der Waals surface area contributed by atoms with Crippen molar-refractivity contribution < 1.29 is 17.6 Å². The maximum Gasteiger partial charge on any atom is 0.259 e. The fourth-order valence-corrected chi connectivity index (χ4v) is 4.45. The van der Waals surface area contributed by atoms with E-state index in [0.29, 0.717) is 32.6 Å². The van der Waals surface area contributed by atoms with Gasteiger partial charge in [0.15, 0.2) is 15.0 Å². The molecule has 0 atom stereocenters. The van der Waals surface area contributed by atoms with Gasteiger partial charge in [0.1, 0.15) is 11.3 Å². The highest BCUT2D eigenvalue weighted by Gasteiger charge is 2.18. The molecule has 0 spiro atoms. The minimum atomic E-state index is -3.35. The third-order valence-corrected chi connectivity index (χ3v) is 6.44. The number of nitrogens with zero attached hydrogens (tertiary/aromatic N) is 3. The van der Waals surface area contributed by atoms with E-state index < -0.39 is 21.6 Å². The lowest BCUT2D eigenvalue weighted by Gasteiger charge is -2.08. The molecule has 10 heteroatoms. The standard InChI is InChI=1S/C19H15FN4O3S2/c1-9-10(2)22-17-13(6-11(20)7-15(17)21-9)18(25)24-19-23-14-5-4-12(29(3,26)27)8-16(14)28-19/h4-8H,1-3H3,(H,23,24,25). The maximum atomic E-state index is 14.0. The number of nitrogens with one attached hydrogen (secondary N) is 1. The summed E-state index contributed by atoms with van der Waals surface area (Å²) in [5.41, 5.74) is 2.49. The highest BCUT2D eigenvalue weighted by atomic mass is 32.2. The topological polar surface area (TPSA) is 102 Å². The van der Waals surface area contributed by atoms with Crippen molar-refractivity contribution in [2.75, 3.05) is 11.6 Å². The first-order valence-corrected chi connectivity index (χ1v) is 11.2. The molecule has 2 heterocycles. The largest absolute Gasteiger partial charge is 0.298 e. The van der Waals surface area contributed by atoms with Crippen LogP contribution in [-0.2, 0) is 9.84 Å². The number of hydrogen-bond acceptors (Lipinski definition) is 7. The number of rotatable bonds is 3. The van der Waals surface area contributed by atoms with Crippen LogP contribution in [0.1, 0.15) is 21.7 Å². The summed E-state index contributed by atoms with van der Waals surface area (Å²) >= 11 is 1.13. The molecule has 1 amide bonds. The Morgan fingerprint density at radius 3 is 2.48 bits per heavy atom. The van der Waals surface area contributed by atoms with E-state index in [1.165, 1.54) is 18.2 Å². The molecule has 0 unspecified atom stereocenters. The fourth-order valence-electron chi connectivity index (χ4n) is 2.82. The van der Waals surface area contributed by atoms with Gasteiger partial charge in [-0.05, 0) is 38.1 Å². The zero-order valence-corrected chi connectivity index (χ0v) is 17.3. The summed E-state index contributed by atoms with van der Waals surface area (Å²) < 4.78 is 38.1. The second kappa shape index (κ2) is 6.82. The monoisotopic (exact) mass is 430 g/mol. The molecule has 0 fully saturated rings. The van der Waals surface area contributed by atoms with Crippen molar-refractivity contribution in [2.45, 2.75) is 18.7 Å². The van der Waals surface area contributed by atoms with Gasteiger partial charge in [-0.25, -0.2) is 27.8 Å². The Morgan fingerprint density at radius 2 is 1.76 bits per heavy atom. The number of anilines is 1. The van der Waals surface area contributed by atoms with E-state index in [0.717, 1.165) is 23.7 Å². The second-order valence-corrected chi connectivity index (χ2v) is 9.64. The third kappa shape index (κ3) is 3.68. The molecule has 0 aliphatic heterocycles. The van der Waals surface area contributed by atoms with E-state index in [1.54, 1.807) is 19.9 Å². The van der Waals surface area contributed by atoms with Gasteiger partial charge in [-0.2, -0.15) is 0 Å². The number of fused-ring (bicyclic) bond motifs is 2. The fraction of sp³-hybridized carbons (Fsp3) is 0.158. The lowest BCUT2D eigenvalue weighted by molar-refractivity contribution is 0.102. The van der Waals surface area contributed by atoms with Crippen LogP contribution in [0, 0.1) is 19.7 Å². The number of aromatic nitrogens is 3. The van der Waals surface area contributed by atoms with Crippen molar-refractivity contribution >= 4 is 53.5 Å². The molecule has 1 N–H and O–H groups in total. The summed E-state index contributed by atoms with van der Waals surface area (Å²) in [6, 6.07) is 6.89. The van der Waals surface area contributed by atoms with Crippen molar-refractivity contribution in [1.29, 1.82) is 0 Å². The Bertz CT molecular complexity index is 1410. The first-order valence-electron chi connectivity index (χ1n) is 8.48. The van der Waals surface area contributed by atoms with Gasteiger partial charge in [0.05, 0.1) is 37.6 Å². The van der Waals surface area contributed by atoms with Crippen molar-refractivity contribution in [3.05, 3.63) is 53.1 Å². The van der Waals surface area contributed by atoms with Crippen LogP contribution in [0.25, 0.3) is 21.3 Å². The number of halogens is 1. The number of thiazole rings is 1. The van der Waals surface area contributed by atoms with Gasteiger partial charge in [-0.1, -0.05) is 11.3 Å². The third-order valence-electron chi connectivity index (χ3n) is 4.40. The summed E-state index contributed by atoms with van der Waals surface area (Å²) in [6.45, 7) is 3.53. The number of sulfone groups is 1. The molecule has 148 valence electrons. The Kier molecular flexibility index (Phi) is 4.55. The predicted octanol–water partition coefficient (Wildman–Crippen LogP) is 3.65. The van der Waals surface area contributed by atoms with Crippen LogP contribution in [0.4, 0.5) is 9.52 Å². The van der Waals surface area contributed by atoms with E-state index in [2.05, 4.69) is 20.3 Å². The van der Waals surface area contributed by atoms with Crippen LogP contribution in [-0.4, -0.2) is 35.5 Å². The summed E-state index contributed by atoms with van der Waals surface area (Å²) in [5.74, 6) is -1.17. The molecule has 0 radical (unpaired) electrons. The molecule has 4 aromatic rings. The van der Waals surface area contributed by atoms with Crippen LogP contribution >= 0.6 is 11.3 Å². The van der Waals surface area contributed by atoms with Gasteiger partial charge in [-0.15, -0.1) is 0 Å². The number of carbonyl (C=O) groups is 1. The molecule has 2 aromatic heterocycles. The number of aryl methyl sites for hydroxylation is 2. The summed E-state index contributed by atoms with van der Waals surface area (Å²) in [5, 5.41) is 2.91. The average molecular weight is 430 g/mol. The van der Waals surface area contributed by atoms with E-state index >= 15 is 0 Å². The molecule has 0 saturated heterocycles. The Hall–Kier alpha value is -2.98. The van der Waals surface area contributed by atoms with Crippen molar-refractivity contribution in [3.8, 4) is 0 Å². The number of benzene rings is 2. The van der Waals surface area contributed by atoms with Crippen LogP contribution < -0.4 is 5.32 Å². The normalized spacial score (nSPS) is 11.9. The van der Waals surface area contributed by atoms with E-state index in [9.17, 15) is 17.6 Å². The van der Waals surface area contributed by atoms with E-state index in [-0.39, 0.29) is 15.6 Å². The first kappa shape index (κ1) is 19.3. The van der Waals surface area contributed by atoms with Gasteiger partial charge in [0.2, 0.25) is 0 Å². The lowest BCUT2D eigenvalue weighted by atomic mass is 10.1. The summed E-state index contributed by atoms with van der Waals surface area (Å²) in [7, 11) is -3.35. The SMILES string of the molecule is Cc1nc2cc(F)cc(C(=O)Nc3nc4ccc(S(C)(=O)=O)cc4s3)c2nc1C. The maximum absolute atomic E-state index is 14.0. The predicted molar refractivity (Wildman–Crippen MR) is 110 cm³/mol. The van der Waals surface area contributed by atoms with Crippen molar-refractivity contribution in [1.82, 2.24) is 15.0 Å². The van der Waals surface area contributed by atoms with E-state index in [4.69, 9.17) is 0 Å². The zero-order valence-electron chi connectivity index (χ0n) is 15.6. The molecule has 0 saturated carbocycles. The highest BCUT2D eigenvalue weighted by Crippen LogP contribution is 2.29. The van der Waals surface area contributed by atoms with Crippen LogP contribution in [0.2, 0.25) is 0 Å². The molecule has 2 aromatic carbocycles. The smallest absolute Gasteiger partial charge is 0.259 e. The molecular formula is C19H15FN4O3S2. The molecule has 7 nitrogen and oxygen atoms in total. The molecule has 0 bridgehead atoms. The lowest BCUT2D eigenvalue weighted by Crippen LogP contribution is -2.14. The summed E-state index contributed by atoms with van der Waals surface area (Å²) in [4.78, 5) is 26.0. The molecule has 29 heavy (non-hydrogen) atoms. The van der Waals surface area contributed by atoms with Gasteiger partial charge in [0, 0.05) is 12.3 Å². The zero-order chi connectivity index (χ0) is 20.9. The average Bonchev–Trinajstić information content (AvgIpc) is 3.03. The van der Waals surface area contributed by atoms with Gasteiger partial charge in [0.25, 0.3) is 5.91 Å². The van der Waals surface area contributed by atoms with E-state index in [1.807, 2.05) is 0 Å². The first-order chi connectivity index (χ1) is 13.6. The van der Waals surface area contributed by atoms with Crippen LogP contribution in [0.15, 0.2) is 35.2 Å². The quantitative estimate of drug-likeness (QED) is 0.532. The highest BCUT2D eigenvalue weighted by molar-refractivity contribution is 7.90. The number of amides is 1. The van der Waals surface area contributed by atoms with Crippen molar-refractivity contribution in [2.24, 2.45) is 0 Å². The van der Waals surface area contributed by atoms with Crippen LogP contribution in [0.5, 0.6) is 0 Å². The minimum absolute atomic E-state index is 0.0479. The molecular weight excluding hydrogens is 415 g/mol. The number of carbonyl (C=O) groups excluding carboxylic acids is 1. The Labute approximate surface area is 169 Å². The second-order valence-electron chi connectivity index (χ2n) is 6.59. The van der Waals surface area contributed by atoms with Crippen molar-refractivity contribution in [3.63, 3.8) is 0 Å². The van der Waals surface area contributed by atoms with Gasteiger partial charge >= 0.3 is 0 Å².